The van der Waals surface area contributed by atoms with Crippen molar-refractivity contribution in [1.82, 2.24) is 14.3 Å². The van der Waals surface area contributed by atoms with Gasteiger partial charge < -0.3 is 19.5 Å². The summed E-state index contributed by atoms with van der Waals surface area (Å²) in [6.45, 7) is 0. The zero-order valence-electron chi connectivity index (χ0n) is 17.6. The van der Waals surface area contributed by atoms with Crippen molar-refractivity contribution in [3.63, 3.8) is 0 Å². The summed E-state index contributed by atoms with van der Waals surface area (Å²) in [4.78, 5) is 21.3. The maximum Gasteiger partial charge on any atom is 0.234 e. The van der Waals surface area contributed by atoms with E-state index in [1.165, 1.54) is 29.6 Å². The van der Waals surface area contributed by atoms with Crippen LogP contribution in [0.25, 0.3) is 21.5 Å². The Morgan fingerprint density at radius 2 is 1.78 bits per heavy atom. The highest BCUT2D eigenvalue weighted by Gasteiger charge is 2.16. The number of nitrogens with one attached hydrogen (secondary N) is 1. The first-order chi connectivity index (χ1) is 15.6. The summed E-state index contributed by atoms with van der Waals surface area (Å²) >= 11 is 2.66. The van der Waals surface area contributed by atoms with Crippen LogP contribution in [-0.2, 0) is 4.79 Å². The predicted octanol–water partition coefficient (Wildman–Crippen LogP) is 4.51. The third-order valence-corrected chi connectivity index (χ3v) is 6.56. The summed E-state index contributed by atoms with van der Waals surface area (Å²) in [6.07, 6.45) is 1.50. The molecule has 0 radical (unpaired) electrons. The molecule has 0 fully saturated rings. The lowest BCUT2D eigenvalue weighted by Crippen LogP contribution is -2.14. The molecule has 1 amide bonds. The number of fused-ring (bicyclic) bond motifs is 1. The second-order valence-electron chi connectivity index (χ2n) is 6.52. The van der Waals surface area contributed by atoms with Crippen LogP contribution in [0, 0.1) is 0 Å². The number of ether oxygens (including phenoxy) is 3. The number of benzene rings is 2. The molecule has 0 unspecified atom stereocenters. The first-order valence-electron chi connectivity index (χ1n) is 9.52. The summed E-state index contributed by atoms with van der Waals surface area (Å²) < 4.78 is 21.1. The predicted molar refractivity (Wildman–Crippen MR) is 126 cm³/mol. The standard InChI is InChI=1S/C22H20N4O4S2/c1-28-15-7-4-13(5-8-15)19-20-21(32-26-19)22(24-12-23-20)31-11-18(27)25-14-6-9-16(29-2)17(10-14)30-3/h4-10,12H,11H2,1-3H3,(H,25,27). The monoisotopic (exact) mass is 468 g/mol. The normalized spacial score (nSPS) is 10.7. The van der Waals surface area contributed by atoms with Gasteiger partial charge in [0, 0.05) is 17.3 Å². The van der Waals surface area contributed by atoms with E-state index in [4.69, 9.17) is 14.2 Å². The number of rotatable bonds is 8. The Labute approximate surface area is 193 Å². The molecule has 4 rings (SSSR count). The van der Waals surface area contributed by atoms with Gasteiger partial charge in [-0.15, -0.1) is 0 Å². The lowest BCUT2D eigenvalue weighted by Gasteiger charge is -2.10. The molecule has 2 aromatic carbocycles. The molecule has 8 nitrogen and oxygen atoms in total. The topological polar surface area (TPSA) is 95.5 Å². The van der Waals surface area contributed by atoms with Gasteiger partial charge in [-0.1, -0.05) is 11.8 Å². The van der Waals surface area contributed by atoms with Gasteiger partial charge in [0.1, 0.15) is 33.0 Å². The van der Waals surface area contributed by atoms with Gasteiger partial charge >= 0.3 is 0 Å². The van der Waals surface area contributed by atoms with Crippen LogP contribution in [0.5, 0.6) is 17.2 Å². The molecule has 32 heavy (non-hydrogen) atoms. The summed E-state index contributed by atoms with van der Waals surface area (Å²) in [5.41, 5.74) is 3.11. The van der Waals surface area contributed by atoms with Crippen LogP contribution in [0.1, 0.15) is 0 Å². The molecule has 2 heterocycles. The van der Waals surface area contributed by atoms with E-state index in [-0.39, 0.29) is 11.7 Å². The SMILES string of the molecule is COc1ccc(-c2nsc3c(SCC(=O)Nc4ccc(OC)c(OC)c4)ncnc23)cc1. The van der Waals surface area contributed by atoms with Crippen molar-refractivity contribution < 1.29 is 19.0 Å². The van der Waals surface area contributed by atoms with Crippen molar-refractivity contribution >= 4 is 45.1 Å². The Kier molecular flexibility index (Phi) is 6.72. The smallest absolute Gasteiger partial charge is 0.234 e. The molecule has 0 aliphatic heterocycles. The molecule has 10 heteroatoms. The van der Waals surface area contributed by atoms with Gasteiger partial charge in [-0.05, 0) is 47.9 Å². The van der Waals surface area contributed by atoms with E-state index < -0.39 is 0 Å². The molecule has 4 aromatic rings. The number of aromatic nitrogens is 3. The number of hydrogen-bond donors (Lipinski definition) is 1. The van der Waals surface area contributed by atoms with Gasteiger partial charge in [0.25, 0.3) is 0 Å². The first-order valence-corrected chi connectivity index (χ1v) is 11.3. The van der Waals surface area contributed by atoms with E-state index in [9.17, 15) is 4.79 Å². The number of nitrogens with zero attached hydrogens (tertiary/aromatic N) is 3. The quantitative estimate of drug-likeness (QED) is 0.298. The van der Waals surface area contributed by atoms with Crippen LogP contribution in [-0.4, -0.2) is 47.3 Å². The van der Waals surface area contributed by atoms with Gasteiger partial charge in [0.15, 0.2) is 11.5 Å². The minimum atomic E-state index is -0.158. The molecule has 0 atom stereocenters. The Morgan fingerprint density at radius 1 is 1.00 bits per heavy atom. The largest absolute Gasteiger partial charge is 0.497 e. The number of carbonyl (C=O) groups excluding carboxylic acids is 1. The van der Waals surface area contributed by atoms with Crippen LogP contribution in [0.15, 0.2) is 53.8 Å². The Balaban J connectivity index is 1.47. The zero-order chi connectivity index (χ0) is 22.5. The van der Waals surface area contributed by atoms with Crippen LogP contribution < -0.4 is 19.5 Å². The van der Waals surface area contributed by atoms with E-state index in [0.29, 0.717) is 17.2 Å². The van der Waals surface area contributed by atoms with Crippen molar-refractivity contribution in [3.05, 3.63) is 48.8 Å². The molecule has 0 aliphatic rings. The molecule has 0 saturated carbocycles. The third-order valence-electron chi connectivity index (χ3n) is 4.59. The highest BCUT2D eigenvalue weighted by Crippen LogP contribution is 2.35. The lowest BCUT2D eigenvalue weighted by molar-refractivity contribution is -0.113. The van der Waals surface area contributed by atoms with Crippen molar-refractivity contribution in [2.45, 2.75) is 5.03 Å². The van der Waals surface area contributed by atoms with Crippen LogP contribution in [0.4, 0.5) is 5.69 Å². The maximum atomic E-state index is 12.5. The summed E-state index contributed by atoms with van der Waals surface area (Å²) in [6, 6.07) is 12.9. The molecule has 1 N–H and O–H groups in total. The second-order valence-corrected chi connectivity index (χ2v) is 8.26. The van der Waals surface area contributed by atoms with Crippen molar-refractivity contribution in [2.75, 3.05) is 32.4 Å². The Bertz CT molecular complexity index is 1240. The summed E-state index contributed by atoms with van der Waals surface area (Å²) in [5.74, 6) is 1.96. The molecule has 0 saturated heterocycles. The fraction of sp³-hybridized carbons (Fsp3) is 0.182. The number of anilines is 1. The van der Waals surface area contributed by atoms with Crippen molar-refractivity contribution in [1.29, 1.82) is 0 Å². The first kappa shape index (κ1) is 21.8. The molecule has 164 valence electrons. The van der Waals surface area contributed by atoms with E-state index in [1.54, 1.807) is 39.5 Å². The average Bonchev–Trinajstić information content (AvgIpc) is 3.27. The fourth-order valence-electron chi connectivity index (χ4n) is 3.03. The van der Waals surface area contributed by atoms with Gasteiger partial charge in [0.05, 0.1) is 27.1 Å². The maximum absolute atomic E-state index is 12.5. The molecule has 0 spiro atoms. The van der Waals surface area contributed by atoms with E-state index in [2.05, 4.69) is 19.7 Å². The highest BCUT2D eigenvalue weighted by molar-refractivity contribution is 8.00. The minimum Gasteiger partial charge on any atom is -0.497 e. The lowest BCUT2D eigenvalue weighted by atomic mass is 10.1. The van der Waals surface area contributed by atoms with Gasteiger partial charge in [0.2, 0.25) is 5.91 Å². The minimum absolute atomic E-state index is 0.158. The Morgan fingerprint density at radius 3 is 2.50 bits per heavy atom. The molecular weight excluding hydrogens is 448 g/mol. The van der Waals surface area contributed by atoms with Crippen LogP contribution >= 0.6 is 23.3 Å². The summed E-state index contributed by atoms with van der Waals surface area (Å²) in [5, 5.41) is 3.58. The third kappa shape index (κ3) is 4.61. The number of carbonyl (C=O) groups is 1. The number of thioether (sulfide) groups is 1. The fourth-order valence-corrected chi connectivity index (χ4v) is 4.75. The van der Waals surface area contributed by atoms with Gasteiger partial charge in [-0.2, -0.15) is 4.37 Å². The average molecular weight is 469 g/mol. The van der Waals surface area contributed by atoms with E-state index in [1.807, 2.05) is 24.3 Å². The van der Waals surface area contributed by atoms with Gasteiger partial charge in [-0.25, -0.2) is 9.97 Å². The summed E-state index contributed by atoms with van der Waals surface area (Å²) in [7, 11) is 4.74. The molecule has 0 bridgehead atoms. The highest BCUT2D eigenvalue weighted by atomic mass is 32.2. The van der Waals surface area contributed by atoms with Crippen molar-refractivity contribution in [3.8, 4) is 28.5 Å². The number of amides is 1. The second kappa shape index (κ2) is 9.84. The van der Waals surface area contributed by atoms with Gasteiger partial charge in [-0.3, -0.25) is 4.79 Å². The molecule has 2 aromatic heterocycles. The zero-order valence-corrected chi connectivity index (χ0v) is 19.3. The molecular formula is C22H20N4O4S2. The van der Waals surface area contributed by atoms with Crippen LogP contribution in [0.3, 0.4) is 0 Å². The molecule has 0 aliphatic carbocycles. The van der Waals surface area contributed by atoms with E-state index in [0.717, 1.165) is 32.2 Å². The van der Waals surface area contributed by atoms with E-state index >= 15 is 0 Å². The Hall–Kier alpha value is -3.37. The number of methoxy groups -OCH3 is 3. The van der Waals surface area contributed by atoms with Crippen LogP contribution in [0.2, 0.25) is 0 Å². The van der Waals surface area contributed by atoms with Crippen molar-refractivity contribution in [2.24, 2.45) is 0 Å². The number of hydrogen-bond acceptors (Lipinski definition) is 9.